The molecule has 0 spiro atoms. The van der Waals surface area contributed by atoms with Gasteiger partial charge in [-0.2, -0.15) is 5.10 Å². The molecule has 2 atom stereocenters. The molecule has 190 valence electrons. The highest BCUT2D eigenvalue weighted by Gasteiger charge is 2.29. The van der Waals surface area contributed by atoms with E-state index in [0.717, 1.165) is 5.56 Å². The summed E-state index contributed by atoms with van der Waals surface area (Å²) in [7, 11) is 1.65. The van der Waals surface area contributed by atoms with Crippen molar-refractivity contribution in [3.63, 3.8) is 0 Å². The van der Waals surface area contributed by atoms with Crippen LogP contribution in [0.2, 0.25) is 0 Å². The SMILES string of the molecule is Cc1nc2n(n1)CCN(C(=O)Cc1ccncc1)CCCC(=O)N(C)[C@@H](C)C(=O)N[C@@H]2CC(C)C. The van der Waals surface area contributed by atoms with E-state index < -0.39 is 6.04 Å². The van der Waals surface area contributed by atoms with Crippen LogP contribution in [0.1, 0.15) is 63.3 Å². The lowest BCUT2D eigenvalue weighted by Crippen LogP contribution is -2.47. The van der Waals surface area contributed by atoms with Crippen LogP contribution in [-0.4, -0.2) is 73.4 Å². The second kappa shape index (κ2) is 11.9. The first-order valence-electron chi connectivity index (χ1n) is 12.3. The molecule has 0 radical (unpaired) electrons. The average molecular weight is 484 g/mol. The summed E-state index contributed by atoms with van der Waals surface area (Å²) in [5.41, 5.74) is 0.894. The monoisotopic (exact) mass is 483 g/mol. The Balaban J connectivity index is 1.90. The van der Waals surface area contributed by atoms with Gasteiger partial charge in [0.05, 0.1) is 19.0 Å². The second-order valence-electron chi connectivity index (χ2n) is 9.63. The number of carbonyl (C=O) groups is 3. The molecule has 2 aromatic rings. The van der Waals surface area contributed by atoms with Gasteiger partial charge in [-0.3, -0.25) is 19.4 Å². The maximum atomic E-state index is 13.2. The Kier molecular flexibility index (Phi) is 8.95. The maximum absolute atomic E-state index is 13.2. The Hall–Kier alpha value is -3.30. The van der Waals surface area contributed by atoms with Gasteiger partial charge in [0.2, 0.25) is 17.7 Å². The predicted molar refractivity (Wildman–Crippen MR) is 131 cm³/mol. The Labute approximate surface area is 207 Å². The van der Waals surface area contributed by atoms with E-state index in [1.54, 1.807) is 35.9 Å². The molecular weight excluding hydrogens is 446 g/mol. The van der Waals surface area contributed by atoms with Crippen LogP contribution in [0.4, 0.5) is 0 Å². The van der Waals surface area contributed by atoms with Crippen molar-refractivity contribution < 1.29 is 14.4 Å². The van der Waals surface area contributed by atoms with Crippen LogP contribution >= 0.6 is 0 Å². The van der Waals surface area contributed by atoms with Crippen LogP contribution in [0.5, 0.6) is 0 Å². The van der Waals surface area contributed by atoms with Gasteiger partial charge in [-0.15, -0.1) is 0 Å². The van der Waals surface area contributed by atoms with E-state index in [-0.39, 0.29) is 36.6 Å². The largest absolute Gasteiger partial charge is 0.344 e. The quantitative estimate of drug-likeness (QED) is 0.711. The Bertz CT molecular complexity index is 1020. The van der Waals surface area contributed by atoms with Gasteiger partial charge in [0.25, 0.3) is 0 Å². The molecule has 10 heteroatoms. The van der Waals surface area contributed by atoms with Crippen molar-refractivity contribution in [2.24, 2.45) is 5.92 Å². The molecule has 2 aromatic heterocycles. The van der Waals surface area contributed by atoms with Crippen molar-refractivity contribution in [1.29, 1.82) is 0 Å². The molecule has 0 aromatic carbocycles. The first-order valence-corrected chi connectivity index (χ1v) is 12.3. The van der Waals surface area contributed by atoms with Gasteiger partial charge in [-0.1, -0.05) is 13.8 Å². The van der Waals surface area contributed by atoms with Crippen molar-refractivity contribution >= 4 is 17.7 Å². The Morgan fingerprint density at radius 3 is 2.57 bits per heavy atom. The van der Waals surface area contributed by atoms with Gasteiger partial charge in [0.15, 0.2) is 0 Å². The normalized spacial score (nSPS) is 20.4. The molecule has 0 unspecified atom stereocenters. The number of aromatic nitrogens is 4. The number of likely N-dealkylation sites (N-methyl/N-ethyl adjacent to an activating group) is 1. The molecule has 3 heterocycles. The minimum atomic E-state index is -0.623. The van der Waals surface area contributed by atoms with Crippen LogP contribution in [0.15, 0.2) is 24.5 Å². The minimum Gasteiger partial charge on any atom is -0.344 e. The fraction of sp³-hybridized carbons (Fsp3) is 0.600. The molecule has 1 aliphatic heterocycles. The lowest BCUT2D eigenvalue weighted by molar-refractivity contribution is -0.139. The van der Waals surface area contributed by atoms with E-state index in [9.17, 15) is 14.4 Å². The third-order valence-electron chi connectivity index (χ3n) is 6.35. The molecule has 1 N–H and O–H groups in total. The fourth-order valence-electron chi connectivity index (χ4n) is 4.24. The summed E-state index contributed by atoms with van der Waals surface area (Å²) in [6, 6.07) is 2.70. The summed E-state index contributed by atoms with van der Waals surface area (Å²) in [6.45, 7) is 9.06. The Morgan fingerprint density at radius 2 is 1.89 bits per heavy atom. The number of nitrogens with one attached hydrogen (secondary N) is 1. The lowest BCUT2D eigenvalue weighted by atomic mass is 10.0. The molecule has 0 fully saturated rings. The van der Waals surface area contributed by atoms with E-state index in [4.69, 9.17) is 0 Å². The fourth-order valence-corrected chi connectivity index (χ4v) is 4.24. The van der Waals surface area contributed by atoms with Crippen LogP contribution in [0.25, 0.3) is 0 Å². The van der Waals surface area contributed by atoms with Crippen LogP contribution in [-0.2, 0) is 27.3 Å². The molecule has 3 rings (SSSR count). The molecule has 10 nitrogen and oxygen atoms in total. The number of amides is 3. The van der Waals surface area contributed by atoms with Crippen molar-refractivity contribution in [3.05, 3.63) is 41.7 Å². The van der Waals surface area contributed by atoms with Gasteiger partial charge < -0.3 is 15.1 Å². The highest BCUT2D eigenvalue weighted by molar-refractivity contribution is 5.87. The van der Waals surface area contributed by atoms with Crippen molar-refractivity contribution in [3.8, 4) is 0 Å². The topological polar surface area (TPSA) is 113 Å². The molecule has 0 saturated carbocycles. The summed E-state index contributed by atoms with van der Waals surface area (Å²) in [6.07, 6.45) is 5.07. The number of hydrogen-bond donors (Lipinski definition) is 1. The van der Waals surface area contributed by atoms with Gasteiger partial charge in [0, 0.05) is 39.0 Å². The first kappa shape index (κ1) is 26.3. The highest BCUT2D eigenvalue weighted by atomic mass is 16.2. The third-order valence-corrected chi connectivity index (χ3v) is 6.35. The van der Waals surface area contributed by atoms with Crippen molar-refractivity contribution in [1.82, 2.24) is 34.9 Å². The number of nitrogens with zero attached hydrogens (tertiary/aromatic N) is 6. The zero-order valence-electron chi connectivity index (χ0n) is 21.4. The number of aryl methyl sites for hydroxylation is 1. The predicted octanol–water partition coefficient (Wildman–Crippen LogP) is 1.90. The lowest BCUT2D eigenvalue weighted by Gasteiger charge is -2.29. The van der Waals surface area contributed by atoms with Gasteiger partial charge in [0.1, 0.15) is 17.7 Å². The number of hydrogen-bond acceptors (Lipinski definition) is 6. The van der Waals surface area contributed by atoms with Gasteiger partial charge in [-0.05, 0) is 50.3 Å². The maximum Gasteiger partial charge on any atom is 0.243 e. The summed E-state index contributed by atoms with van der Waals surface area (Å²) < 4.78 is 1.81. The standard InChI is InChI=1S/C25H37N7O3/c1-17(2)15-21-24-27-19(4)29-32(24)14-13-31(23(34)16-20-8-10-26-11-9-20)12-6-7-22(33)30(5)18(3)25(35)28-21/h8-11,17-18,21H,6-7,12-16H2,1-5H3,(H,28,35)/t18-,21+/m0/s1. The average Bonchev–Trinajstić information content (AvgIpc) is 3.19. The molecule has 1 aliphatic rings. The third kappa shape index (κ3) is 7.10. The second-order valence-corrected chi connectivity index (χ2v) is 9.63. The molecule has 0 aliphatic carbocycles. The minimum absolute atomic E-state index is 0.0112. The van der Waals surface area contributed by atoms with Gasteiger partial charge in [-0.25, -0.2) is 9.67 Å². The van der Waals surface area contributed by atoms with E-state index >= 15 is 0 Å². The molecular formula is C25H37N7O3. The summed E-state index contributed by atoms with van der Waals surface area (Å²) in [5, 5.41) is 7.67. The number of fused-ring (bicyclic) bond motifs is 1. The number of carbonyl (C=O) groups excluding carboxylic acids is 3. The van der Waals surface area contributed by atoms with Crippen LogP contribution < -0.4 is 5.32 Å². The van der Waals surface area contributed by atoms with Crippen LogP contribution in [0.3, 0.4) is 0 Å². The van der Waals surface area contributed by atoms with Crippen molar-refractivity contribution in [2.75, 3.05) is 20.1 Å². The van der Waals surface area contributed by atoms with E-state index in [2.05, 4.69) is 34.2 Å². The van der Waals surface area contributed by atoms with E-state index in [0.29, 0.717) is 50.0 Å². The first-order chi connectivity index (χ1) is 16.7. The van der Waals surface area contributed by atoms with E-state index in [1.165, 1.54) is 4.90 Å². The van der Waals surface area contributed by atoms with Gasteiger partial charge >= 0.3 is 0 Å². The molecule has 0 saturated heterocycles. The molecule has 0 bridgehead atoms. The summed E-state index contributed by atoms with van der Waals surface area (Å²) >= 11 is 0. The zero-order chi connectivity index (χ0) is 25.5. The zero-order valence-corrected chi connectivity index (χ0v) is 21.4. The highest BCUT2D eigenvalue weighted by Crippen LogP contribution is 2.21. The van der Waals surface area contributed by atoms with Crippen molar-refractivity contribution in [2.45, 2.75) is 72.0 Å². The van der Waals surface area contributed by atoms with E-state index in [1.807, 2.05) is 19.1 Å². The molecule has 3 amide bonds. The Morgan fingerprint density at radius 1 is 1.17 bits per heavy atom. The summed E-state index contributed by atoms with van der Waals surface area (Å²) in [4.78, 5) is 50.9. The smallest absolute Gasteiger partial charge is 0.243 e. The number of rotatable bonds is 4. The molecule has 35 heavy (non-hydrogen) atoms. The van der Waals surface area contributed by atoms with Crippen LogP contribution in [0, 0.1) is 12.8 Å². The summed E-state index contributed by atoms with van der Waals surface area (Å²) in [5.74, 6) is 1.24. The number of pyridine rings is 1.